The summed E-state index contributed by atoms with van der Waals surface area (Å²) in [7, 11) is 1.97. The van der Waals surface area contributed by atoms with Crippen LogP contribution >= 0.6 is 11.6 Å². The first-order valence-electron chi connectivity index (χ1n) is 5.47. The second-order valence-electron chi connectivity index (χ2n) is 3.93. The Bertz CT molecular complexity index is 314. The number of likely N-dealkylation sites (N-methyl/N-ethyl adjacent to an activating group) is 1. The van der Waals surface area contributed by atoms with E-state index in [2.05, 4.69) is 22.0 Å². The number of nitrogens with zero attached hydrogens (tertiary/aromatic N) is 2. The molecule has 0 spiro atoms. The monoisotopic (exact) mass is 229 g/mol. The van der Waals surface area contributed by atoms with Gasteiger partial charge in [-0.25, -0.2) is 0 Å². The molecule has 1 aromatic heterocycles. The van der Waals surface area contributed by atoms with Gasteiger partial charge in [0.25, 0.3) is 0 Å². The standard InChI is InChI=1S/C11H20ClN3/c1-5-6-10(7-13-4)15-9(3)11(12)8(2)14-15/h10,13H,5-7H2,1-4H3. The molecule has 1 atom stereocenters. The zero-order valence-electron chi connectivity index (χ0n) is 9.97. The van der Waals surface area contributed by atoms with Gasteiger partial charge in [-0.2, -0.15) is 5.10 Å². The van der Waals surface area contributed by atoms with Crippen LogP contribution in [0.4, 0.5) is 0 Å². The number of aromatic nitrogens is 2. The lowest BCUT2D eigenvalue weighted by atomic mass is 10.1. The first-order valence-corrected chi connectivity index (χ1v) is 5.85. The fourth-order valence-corrected chi connectivity index (χ4v) is 2.00. The number of hydrogen-bond acceptors (Lipinski definition) is 2. The molecule has 4 heteroatoms. The van der Waals surface area contributed by atoms with Gasteiger partial charge in [-0.05, 0) is 27.3 Å². The Labute approximate surface area is 96.8 Å². The molecule has 0 saturated heterocycles. The summed E-state index contributed by atoms with van der Waals surface area (Å²) in [4.78, 5) is 0. The number of aryl methyl sites for hydroxylation is 1. The number of hydrogen-bond donors (Lipinski definition) is 1. The summed E-state index contributed by atoms with van der Waals surface area (Å²) in [5, 5.41) is 8.49. The van der Waals surface area contributed by atoms with Crippen LogP contribution in [0.2, 0.25) is 5.02 Å². The summed E-state index contributed by atoms with van der Waals surface area (Å²) < 4.78 is 2.05. The molecule has 0 aliphatic heterocycles. The maximum Gasteiger partial charge on any atom is 0.0844 e. The molecular formula is C11H20ClN3. The summed E-state index contributed by atoms with van der Waals surface area (Å²) in [6.45, 7) is 7.11. The van der Waals surface area contributed by atoms with Crippen LogP contribution in [0.3, 0.4) is 0 Å². The summed E-state index contributed by atoms with van der Waals surface area (Å²) in [5.74, 6) is 0. The molecule has 0 aliphatic carbocycles. The van der Waals surface area contributed by atoms with E-state index in [4.69, 9.17) is 11.6 Å². The van der Waals surface area contributed by atoms with Gasteiger partial charge in [-0.1, -0.05) is 24.9 Å². The van der Waals surface area contributed by atoms with E-state index in [-0.39, 0.29) is 0 Å². The van der Waals surface area contributed by atoms with Crippen molar-refractivity contribution in [2.45, 2.75) is 39.7 Å². The van der Waals surface area contributed by atoms with E-state index in [1.54, 1.807) is 0 Å². The van der Waals surface area contributed by atoms with Gasteiger partial charge in [-0.15, -0.1) is 0 Å². The van der Waals surface area contributed by atoms with Gasteiger partial charge >= 0.3 is 0 Å². The molecule has 0 saturated carbocycles. The molecule has 0 bridgehead atoms. The fraction of sp³-hybridized carbons (Fsp3) is 0.727. The average Bonchev–Trinajstić information content (AvgIpc) is 2.46. The maximum atomic E-state index is 6.14. The Kier molecular flexibility index (Phi) is 4.61. The van der Waals surface area contributed by atoms with Gasteiger partial charge in [0.2, 0.25) is 0 Å². The quantitative estimate of drug-likeness (QED) is 0.842. The van der Waals surface area contributed by atoms with E-state index >= 15 is 0 Å². The third-order valence-electron chi connectivity index (χ3n) is 2.64. The Morgan fingerprint density at radius 2 is 2.13 bits per heavy atom. The minimum absolute atomic E-state index is 0.409. The highest BCUT2D eigenvalue weighted by Gasteiger charge is 2.16. The predicted octanol–water partition coefficient (Wildman–Crippen LogP) is 2.71. The zero-order chi connectivity index (χ0) is 11.4. The first kappa shape index (κ1) is 12.5. The Morgan fingerprint density at radius 3 is 2.53 bits per heavy atom. The number of nitrogens with one attached hydrogen (secondary N) is 1. The number of rotatable bonds is 5. The molecule has 1 unspecified atom stereocenters. The van der Waals surface area contributed by atoms with Crippen LogP contribution in [0.5, 0.6) is 0 Å². The van der Waals surface area contributed by atoms with Crippen LogP contribution in [0.1, 0.15) is 37.2 Å². The Balaban J connectivity index is 2.94. The molecule has 0 aliphatic rings. The smallest absolute Gasteiger partial charge is 0.0844 e. The Morgan fingerprint density at radius 1 is 1.47 bits per heavy atom. The fourth-order valence-electron chi connectivity index (χ4n) is 1.88. The minimum Gasteiger partial charge on any atom is -0.318 e. The third kappa shape index (κ3) is 2.73. The molecule has 1 rings (SSSR count). The van der Waals surface area contributed by atoms with Crippen molar-refractivity contribution in [1.29, 1.82) is 0 Å². The molecule has 0 aromatic carbocycles. The summed E-state index contributed by atoms with van der Waals surface area (Å²) in [6, 6.07) is 0.409. The second kappa shape index (κ2) is 5.52. The van der Waals surface area contributed by atoms with E-state index in [1.165, 1.54) is 0 Å². The minimum atomic E-state index is 0.409. The van der Waals surface area contributed by atoms with E-state index in [1.807, 2.05) is 20.9 Å². The van der Waals surface area contributed by atoms with Crippen LogP contribution in [0.15, 0.2) is 0 Å². The largest absolute Gasteiger partial charge is 0.318 e. The van der Waals surface area contributed by atoms with E-state index in [0.29, 0.717) is 6.04 Å². The molecule has 1 heterocycles. The lowest BCUT2D eigenvalue weighted by Gasteiger charge is -2.18. The highest BCUT2D eigenvalue weighted by molar-refractivity contribution is 6.31. The molecule has 86 valence electrons. The molecule has 1 aromatic rings. The van der Waals surface area contributed by atoms with Gasteiger partial charge in [0.1, 0.15) is 0 Å². The molecule has 15 heavy (non-hydrogen) atoms. The van der Waals surface area contributed by atoms with Crippen LogP contribution in [0.25, 0.3) is 0 Å². The van der Waals surface area contributed by atoms with E-state index in [0.717, 1.165) is 35.8 Å². The van der Waals surface area contributed by atoms with Gasteiger partial charge in [0.15, 0.2) is 0 Å². The third-order valence-corrected chi connectivity index (χ3v) is 3.19. The van der Waals surface area contributed by atoms with Crippen molar-refractivity contribution in [3.63, 3.8) is 0 Å². The van der Waals surface area contributed by atoms with Gasteiger partial charge in [-0.3, -0.25) is 4.68 Å². The van der Waals surface area contributed by atoms with E-state index in [9.17, 15) is 0 Å². The molecular weight excluding hydrogens is 210 g/mol. The topological polar surface area (TPSA) is 29.9 Å². The van der Waals surface area contributed by atoms with Crippen LogP contribution < -0.4 is 5.32 Å². The highest BCUT2D eigenvalue weighted by atomic mass is 35.5. The lowest BCUT2D eigenvalue weighted by Crippen LogP contribution is -2.24. The molecule has 3 nitrogen and oxygen atoms in total. The van der Waals surface area contributed by atoms with Crippen molar-refractivity contribution < 1.29 is 0 Å². The normalized spacial score (nSPS) is 13.1. The molecule has 0 fully saturated rings. The Hall–Kier alpha value is -0.540. The van der Waals surface area contributed by atoms with Crippen molar-refractivity contribution >= 4 is 11.6 Å². The molecule has 1 N–H and O–H groups in total. The second-order valence-corrected chi connectivity index (χ2v) is 4.31. The summed E-state index contributed by atoms with van der Waals surface area (Å²) >= 11 is 6.14. The van der Waals surface area contributed by atoms with Gasteiger partial charge < -0.3 is 5.32 Å². The van der Waals surface area contributed by atoms with Crippen LogP contribution in [0, 0.1) is 13.8 Å². The van der Waals surface area contributed by atoms with Crippen LogP contribution in [-0.4, -0.2) is 23.4 Å². The SMILES string of the molecule is CCCC(CNC)n1nc(C)c(Cl)c1C. The van der Waals surface area contributed by atoms with Crippen molar-refractivity contribution in [3.8, 4) is 0 Å². The van der Waals surface area contributed by atoms with Crippen molar-refractivity contribution in [2.24, 2.45) is 0 Å². The van der Waals surface area contributed by atoms with Crippen molar-refractivity contribution in [2.75, 3.05) is 13.6 Å². The van der Waals surface area contributed by atoms with Gasteiger partial charge in [0.05, 0.1) is 22.5 Å². The lowest BCUT2D eigenvalue weighted by molar-refractivity contribution is 0.398. The zero-order valence-corrected chi connectivity index (χ0v) is 10.7. The number of halogens is 1. The van der Waals surface area contributed by atoms with E-state index < -0.39 is 0 Å². The van der Waals surface area contributed by atoms with Crippen LogP contribution in [-0.2, 0) is 0 Å². The van der Waals surface area contributed by atoms with Gasteiger partial charge in [0, 0.05) is 6.54 Å². The predicted molar refractivity (Wildman–Crippen MR) is 64.6 cm³/mol. The molecule has 0 radical (unpaired) electrons. The van der Waals surface area contributed by atoms with Crippen molar-refractivity contribution in [1.82, 2.24) is 15.1 Å². The average molecular weight is 230 g/mol. The van der Waals surface area contributed by atoms with Crippen molar-refractivity contribution in [3.05, 3.63) is 16.4 Å². The highest BCUT2D eigenvalue weighted by Crippen LogP contribution is 2.23. The summed E-state index contributed by atoms with van der Waals surface area (Å²) in [5.41, 5.74) is 1.99. The summed E-state index contributed by atoms with van der Waals surface area (Å²) in [6.07, 6.45) is 2.28. The molecule has 0 amide bonds. The maximum absolute atomic E-state index is 6.14. The first-order chi connectivity index (χ1) is 7.11.